The van der Waals surface area contributed by atoms with E-state index in [1.807, 2.05) is 4.90 Å². The summed E-state index contributed by atoms with van der Waals surface area (Å²) in [5, 5.41) is 3.81. The van der Waals surface area contributed by atoms with Gasteiger partial charge in [0.05, 0.1) is 11.8 Å². The molecule has 2 amide bonds. The quantitative estimate of drug-likeness (QED) is 0.881. The third kappa shape index (κ3) is 3.28. The van der Waals surface area contributed by atoms with Crippen LogP contribution in [-0.4, -0.2) is 65.4 Å². The second kappa shape index (κ2) is 7.20. The molecule has 0 spiro atoms. The highest BCUT2D eigenvalue weighted by Gasteiger charge is 2.33. The number of hydrogen-bond acceptors (Lipinski definition) is 5. The van der Waals surface area contributed by atoms with E-state index in [2.05, 4.69) is 15.2 Å². The molecule has 7 nitrogen and oxygen atoms in total. The van der Waals surface area contributed by atoms with E-state index in [1.54, 1.807) is 12.3 Å². The zero-order chi connectivity index (χ0) is 19.1. The minimum absolute atomic E-state index is 0.0207. The van der Waals surface area contributed by atoms with Gasteiger partial charge in [-0.05, 0) is 50.6 Å². The fourth-order valence-electron chi connectivity index (χ4n) is 4.91. The van der Waals surface area contributed by atoms with Crippen LogP contribution in [0.2, 0.25) is 0 Å². The number of pyridine rings is 1. The number of carbonyl (C=O) groups excluding carboxylic acids is 2. The van der Waals surface area contributed by atoms with Crippen LogP contribution in [0.3, 0.4) is 0 Å². The maximum absolute atomic E-state index is 12.9. The topological polar surface area (TPSA) is 78.7 Å². The molecule has 2 aromatic rings. The average molecular weight is 382 g/mol. The number of likely N-dealkylation sites (tertiary alicyclic amines) is 1. The van der Waals surface area contributed by atoms with Gasteiger partial charge in [-0.25, -0.2) is 4.98 Å². The van der Waals surface area contributed by atoms with Gasteiger partial charge in [0.25, 0.3) is 11.8 Å². The fraction of sp³-hybridized carbons (Fsp3) is 0.571. The molecule has 2 bridgehead atoms. The third-order valence-electron chi connectivity index (χ3n) is 6.37. The highest BCUT2D eigenvalue weighted by molar-refractivity contribution is 6.07. The molecule has 5 rings (SSSR count). The van der Waals surface area contributed by atoms with Crippen molar-refractivity contribution < 1.29 is 14.0 Å². The first kappa shape index (κ1) is 17.7. The fourth-order valence-corrected chi connectivity index (χ4v) is 4.91. The lowest BCUT2D eigenvalue weighted by Crippen LogP contribution is -2.47. The molecule has 1 unspecified atom stereocenters. The largest absolute Gasteiger partial charge is 0.462 e. The van der Waals surface area contributed by atoms with E-state index in [0.29, 0.717) is 28.1 Å². The average Bonchev–Trinajstić information content (AvgIpc) is 3.30. The van der Waals surface area contributed by atoms with E-state index in [4.69, 9.17) is 4.42 Å². The molecule has 0 aliphatic carbocycles. The Morgan fingerprint density at radius 2 is 2.00 bits per heavy atom. The number of fused-ring (bicyclic) bond motifs is 3. The monoisotopic (exact) mass is 382 g/mol. The van der Waals surface area contributed by atoms with Crippen molar-refractivity contribution in [2.75, 3.05) is 32.7 Å². The van der Waals surface area contributed by atoms with E-state index in [-0.39, 0.29) is 17.9 Å². The van der Waals surface area contributed by atoms with Crippen molar-refractivity contribution in [3.05, 3.63) is 29.8 Å². The third-order valence-corrected chi connectivity index (χ3v) is 6.37. The van der Waals surface area contributed by atoms with Crippen LogP contribution >= 0.6 is 0 Å². The SMILES string of the molecule is O=C(N[C@@H]1C[C@H]2CCN(C2)C1)c1cc2c(C(=O)N3CCCCC3)coc2cn1. The van der Waals surface area contributed by atoms with Crippen LogP contribution in [0.5, 0.6) is 0 Å². The number of hydrogen-bond donors (Lipinski definition) is 1. The molecule has 3 aliphatic heterocycles. The summed E-state index contributed by atoms with van der Waals surface area (Å²) >= 11 is 0. The van der Waals surface area contributed by atoms with Gasteiger partial charge in [-0.2, -0.15) is 0 Å². The Hall–Kier alpha value is -2.41. The molecule has 5 heterocycles. The van der Waals surface area contributed by atoms with Gasteiger partial charge in [-0.3, -0.25) is 9.59 Å². The Balaban J connectivity index is 1.35. The molecule has 3 fully saturated rings. The van der Waals surface area contributed by atoms with Gasteiger partial charge in [0, 0.05) is 37.6 Å². The minimum Gasteiger partial charge on any atom is -0.462 e. The number of carbonyl (C=O) groups is 2. The second-order valence-corrected chi connectivity index (χ2v) is 8.39. The first-order valence-corrected chi connectivity index (χ1v) is 10.4. The molecule has 0 aromatic carbocycles. The minimum atomic E-state index is -0.174. The molecule has 2 aromatic heterocycles. The molecule has 3 saturated heterocycles. The molecule has 3 atom stereocenters. The summed E-state index contributed by atoms with van der Waals surface area (Å²) in [7, 11) is 0. The summed E-state index contributed by atoms with van der Waals surface area (Å²) in [5.41, 5.74) is 1.41. The number of furan rings is 1. The predicted octanol–water partition coefficient (Wildman–Crippen LogP) is 2.28. The Morgan fingerprint density at radius 1 is 1.14 bits per heavy atom. The predicted molar refractivity (Wildman–Crippen MR) is 104 cm³/mol. The molecular weight excluding hydrogens is 356 g/mol. The Bertz CT molecular complexity index is 890. The molecule has 28 heavy (non-hydrogen) atoms. The van der Waals surface area contributed by atoms with Gasteiger partial charge in [-0.15, -0.1) is 0 Å². The van der Waals surface area contributed by atoms with Crippen molar-refractivity contribution in [3.8, 4) is 0 Å². The van der Waals surface area contributed by atoms with Gasteiger partial charge in [-0.1, -0.05) is 0 Å². The van der Waals surface area contributed by atoms with Crippen LogP contribution in [0.4, 0.5) is 0 Å². The molecule has 7 heteroatoms. The van der Waals surface area contributed by atoms with Gasteiger partial charge in [0.1, 0.15) is 12.0 Å². The molecule has 3 aliphatic rings. The van der Waals surface area contributed by atoms with Crippen LogP contribution in [0.25, 0.3) is 11.0 Å². The summed E-state index contributed by atoms with van der Waals surface area (Å²) in [6, 6.07) is 1.87. The van der Waals surface area contributed by atoms with Gasteiger partial charge >= 0.3 is 0 Å². The lowest BCUT2D eigenvalue weighted by Gasteiger charge is -2.30. The van der Waals surface area contributed by atoms with E-state index >= 15 is 0 Å². The zero-order valence-electron chi connectivity index (χ0n) is 16.0. The van der Waals surface area contributed by atoms with E-state index < -0.39 is 0 Å². The van der Waals surface area contributed by atoms with Gasteiger partial charge in [0.2, 0.25) is 0 Å². The van der Waals surface area contributed by atoms with Gasteiger partial charge in [0.15, 0.2) is 5.58 Å². The maximum Gasteiger partial charge on any atom is 0.270 e. The van der Waals surface area contributed by atoms with Crippen molar-refractivity contribution in [2.45, 2.75) is 38.1 Å². The van der Waals surface area contributed by atoms with E-state index in [9.17, 15) is 9.59 Å². The summed E-state index contributed by atoms with van der Waals surface area (Å²) in [6.07, 6.45) is 8.56. The first-order valence-electron chi connectivity index (χ1n) is 10.4. The van der Waals surface area contributed by atoms with Crippen LogP contribution in [-0.2, 0) is 0 Å². The van der Waals surface area contributed by atoms with Crippen LogP contribution < -0.4 is 5.32 Å². The normalized spacial score (nSPS) is 27.1. The Labute approximate surface area is 164 Å². The number of rotatable bonds is 3. The van der Waals surface area contributed by atoms with Crippen LogP contribution in [0, 0.1) is 5.92 Å². The molecule has 1 N–H and O–H groups in total. The number of nitrogens with one attached hydrogen (secondary N) is 1. The number of aromatic nitrogens is 1. The standard InChI is InChI=1S/C21H26N4O3/c26-20(23-15-8-14-4-7-24(11-14)12-15)18-9-16-17(13-28-19(16)10-22-18)21(27)25-5-2-1-3-6-25/h9-10,13-15H,1-8,11-12H2,(H,23,26)/t14-,15-/m1/s1. The van der Waals surface area contributed by atoms with E-state index in [1.165, 1.54) is 19.1 Å². The lowest BCUT2D eigenvalue weighted by molar-refractivity contribution is 0.0725. The Kier molecular flexibility index (Phi) is 4.55. The molecule has 0 saturated carbocycles. The number of nitrogens with zero attached hydrogens (tertiary/aromatic N) is 3. The highest BCUT2D eigenvalue weighted by Crippen LogP contribution is 2.27. The van der Waals surface area contributed by atoms with Crippen molar-refractivity contribution >= 4 is 22.8 Å². The summed E-state index contributed by atoms with van der Waals surface area (Å²) < 4.78 is 5.53. The van der Waals surface area contributed by atoms with Crippen molar-refractivity contribution in [1.29, 1.82) is 0 Å². The second-order valence-electron chi connectivity index (χ2n) is 8.39. The molecule has 0 radical (unpaired) electrons. The first-order chi connectivity index (χ1) is 13.7. The number of amides is 2. The van der Waals surface area contributed by atoms with Gasteiger partial charge < -0.3 is 19.5 Å². The lowest BCUT2D eigenvalue weighted by atomic mass is 9.97. The maximum atomic E-state index is 12.9. The van der Waals surface area contributed by atoms with Crippen molar-refractivity contribution in [1.82, 2.24) is 20.1 Å². The summed E-state index contributed by atoms with van der Waals surface area (Å²) in [4.78, 5) is 34.2. The summed E-state index contributed by atoms with van der Waals surface area (Å²) in [5.74, 6) is 0.497. The zero-order valence-corrected chi connectivity index (χ0v) is 16.0. The highest BCUT2D eigenvalue weighted by atomic mass is 16.3. The van der Waals surface area contributed by atoms with Crippen molar-refractivity contribution in [2.24, 2.45) is 5.92 Å². The van der Waals surface area contributed by atoms with Crippen LogP contribution in [0.1, 0.15) is 53.0 Å². The Morgan fingerprint density at radius 3 is 2.82 bits per heavy atom. The number of piperidine rings is 2. The smallest absolute Gasteiger partial charge is 0.270 e. The molecular formula is C21H26N4O3. The van der Waals surface area contributed by atoms with Crippen molar-refractivity contribution in [3.63, 3.8) is 0 Å². The van der Waals surface area contributed by atoms with E-state index in [0.717, 1.165) is 52.0 Å². The summed E-state index contributed by atoms with van der Waals surface area (Å²) in [6.45, 7) is 4.77. The van der Waals surface area contributed by atoms with Crippen LogP contribution in [0.15, 0.2) is 22.9 Å². The molecule has 148 valence electrons.